The minimum Gasteiger partial charge on any atom is -0.310 e. The average Bonchev–Trinajstić information content (AvgIpc) is 2.36. The van der Waals surface area contributed by atoms with E-state index < -0.39 is 0 Å². The van der Waals surface area contributed by atoms with Crippen molar-refractivity contribution in [1.29, 1.82) is 0 Å². The molecule has 0 radical (unpaired) electrons. The first-order valence-electron chi connectivity index (χ1n) is 7.01. The number of para-hydroxylation sites is 1. The molecule has 2 aromatic rings. The lowest BCUT2D eigenvalue weighted by Gasteiger charge is -2.25. The van der Waals surface area contributed by atoms with E-state index in [0.717, 1.165) is 23.8 Å². The predicted octanol–water partition coefficient (Wildman–Crippen LogP) is 2.20. The van der Waals surface area contributed by atoms with E-state index in [-0.39, 0.29) is 5.56 Å². The molecule has 4 nitrogen and oxygen atoms in total. The van der Waals surface area contributed by atoms with Gasteiger partial charge >= 0.3 is 0 Å². The van der Waals surface area contributed by atoms with Crippen molar-refractivity contribution >= 4 is 10.9 Å². The summed E-state index contributed by atoms with van der Waals surface area (Å²) in [6.45, 7) is 1.63. The maximum atomic E-state index is 11.9. The maximum Gasteiger partial charge on any atom is 0.258 e. The second-order valence-corrected chi connectivity index (χ2v) is 5.29. The van der Waals surface area contributed by atoms with Gasteiger partial charge in [0.25, 0.3) is 5.56 Å². The number of fused-ring (bicyclic) bond motifs is 1. The quantitative estimate of drug-likeness (QED) is 0.807. The van der Waals surface area contributed by atoms with Crippen LogP contribution in [-0.2, 0) is 6.54 Å². The number of aromatic nitrogens is 2. The predicted molar refractivity (Wildman–Crippen MR) is 76.0 cm³/mol. The third-order valence-electron chi connectivity index (χ3n) is 3.91. The van der Waals surface area contributed by atoms with Crippen LogP contribution in [0.3, 0.4) is 0 Å². The molecule has 0 amide bonds. The molecule has 1 aliphatic rings. The van der Waals surface area contributed by atoms with Crippen LogP contribution in [0.25, 0.3) is 10.9 Å². The largest absolute Gasteiger partial charge is 0.310 e. The number of hydrogen-bond acceptors (Lipinski definition) is 3. The first kappa shape index (κ1) is 12.4. The van der Waals surface area contributed by atoms with Gasteiger partial charge in [-0.25, -0.2) is 4.98 Å². The lowest BCUT2D eigenvalue weighted by atomic mass is 9.83. The zero-order valence-electron chi connectivity index (χ0n) is 11.0. The molecule has 1 aromatic carbocycles. The van der Waals surface area contributed by atoms with Crippen LogP contribution in [0.1, 0.15) is 31.5 Å². The standard InChI is InChI=1S/C15H19N3O/c19-15-12-6-1-2-7-13(12)17-14(18-15)10-16-9-8-11-4-3-5-11/h1-2,6-7,11,16H,3-5,8-10H2,(H,17,18,19). The van der Waals surface area contributed by atoms with Gasteiger partial charge in [-0.2, -0.15) is 0 Å². The van der Waals surface area contributed by atoms with Crippen LogP contribution >= 0.6 is 0 Å². The highest BCUT2D eigenvalue weighted by Crippen LogP contribution is 2.28. The molecule has 19 heavy (non-hydrogen) atoms. The Morgan fingerprint density at radius 2 is 2.16 bits per heavy atom. The molecule has 0 atom stereocenters. The maximum absolute atomic E-state index is 11.9. The van der Waals surface area contributed by atoms with Crippen LogP contribution in [0.4, 0.5) is 0 Å². The lowest BCUT2D eigenvalue weighted by Crippen LogP contribution is -2.23. The summed E-state index contributed by atoms with van der Waals surface area (Å²) in [5.74, 6) is 1.63. The number of rotatable bonds is 5. The number of nitrogens with one attached hydrogen (secondary N) is 2. The van der Waals surface area contributed by atoms with Gasteiger partial charge < -0.3 is 10.3 Å². The summed E-state index contributed by atoms with van der Waals surface area (Å²) in [4.78, 5) is 19.2. The second kappa shape index (κ2) is 5.53. The molecule has 4 heteroatoms. The molecule has 0 unspecified atom stereocenters. The molecule has 1 heterocycles. The fraction of sp³-hybridized carbons (Fsp3) is 0.467. The van der Waals surface area contributed by atoms with Gasteiger partial charge in [0, 0.05) is 0 Å². The molecule has 0 saturated heterocycles. The van der Waals surface area contributed by atoms with Crippen molar-refractivity contribution in [3.8, 4) is 0 Å². The van der Waals surface area contributed by atoms with Crippen LogP contribution in [0, 0.1) is 5.92 Å². The Kier molecular flexibility index (Phi) is 3.60. The van der Waals surface area contributed by atoms with E-state index in [1.54, 1.807) is 6.07 Å². The normalized spacial score (nSPS) is 15.6. The number of benzene rings is 1. The smallest absolute Gasteiger partial charge is 0.258 e. The molecule has 1 aromatic heterocycles. The zero-order valence-corrected chi connectivity index (χ0v) is 11.0. The van der Waals surface area contributed by atoms with Crippen LogP contribution in [0.5, 0.6) is 0 Å². The van der Waals surface area contributed by atoms with E-state index in [1.807, 2.05) is 18.2 Å². The summed E-state index contributed by atoms with van der Waals surface area (Å²) in [5, 5.41) is 4.01. The molecular weight excluding hydrogens is 238 g/mol. The third-order valence-corrected chi connectivity index (χ3v) is 3.91. The van der Waals surface area contributed by atoms with Crippen molar-refractivity contribution in [3.05, 3.63) is 40.4 Å². The second-order valence-electron chi connectivity index (χ2n) is 5.29. The fourth-order valence-corrected chi connectivity index (χ4v) is 2.51. The van der Waals surface area contributed by atoms with E-state index in [2.05, 4.69) is 15.3 Å². The Labute approximate surface area is 112 Å². The Hall–Kier alpha value is -1.68. The van der Waals surface area contributed by atoms with E-state index in [4.69, 9.17) is 0 Å². The van der Waals surface area contributed by atoms with E-state index in [0.29, 0.717) is 11.9 Å². The molecule has 1 aliphatic carbocycles. The van der Waals surface area contributed by atoms with Gasteiger partial charge in [-0.15, -0.1) is 0 Å². The van der Waals surface area contributed by atoms with E-state index in [9.17, 15) is 4.79 Å². The molecule has 1 saturated carbocycles. The number of hydrogen-bond donors (Lipinski definition) is 2. The highest BCUT2D eigenvalue weighted by atomic mass is 16.1. The minimum atomic E-state index is -0.0543. The molecule has 100 valence electrons. The fourth-order valence-electron chi connectivity index (χ4n) is 2.51. The SMILES string of the molecule is O=c1[nH]c(CNCCC2CCC2)nc2ccccc12. The summed E-state index contributed by atoms with van der Waals surface area (Å²) in [5.41, 5.74) is 0.712. The molecule has 3 rings (SSSR count). The summed E-state index contributed by atoms with van der Waals surface area (Å²) < 4.78 is 0. The summed E-state index contributed by atoms with van der Waals surface area (Å²) in [7, 11) is 0. The Bertz CT molecular complexity index is 616. The number of nitrogens with zero attached hydrogens (tertiary/aromatic N) is 1. The molecule has 0 bridgehead atoms. The van der Waals surface area contributed by atoms with E-state index in [1.165, 1.54) is 25.7 Å². The van der Waals surface area contributed by atoms with Gasteiger partial charge in [0.05, 0.1) is 17.4 Å². The minimum absolute atomic E-state index is 0.0543. The molecule has 1 fully saturated rings. The Morgan fingerprint density at radius 1 is 1.32 bits per heavy atom. The number of H-pyrrole nitrogens is 1. The van der Waals surface area contributed by atoms with Crippen LogP contribution < -0.4 is 10.9 Å². The van der Waals surface area contributed by atoms with Gasteiger partial charge in [0.15, 0.2) is 0 Å². The molecular formula is C15H19N3O. The van der Waals surface area contributed by atoms with Gasteiger partial charge in [-0.05, 0) is 31.0 Å². The highest BCUT2D eigenvalue weighted by Gasteiger charge is 2.16. The van der Waals surface area contributed by atoms with Gasteiger partial charge in [-0.1, -0.05) is 31.4 Å². The zero-order chi connectivity index (χ0) is 13.1. The first-order valence-corrected chi connectivity index (χ1v) is 7.01. The van der Waals surface area contributed by atoms with Crippen molar-refractivity contribution in [1.82, 2.24) is 15.3 Å². The topological polar surface area (TPSA) is 57.8 Å². The third kappa shape index (κ3) is 2.84. The van der Waals surface area contributed by atoms with Crippen molar-refractivity contribution in [2.75, 3.05) is 6.54 Å². The Balaban J connectivity index is 1.62. The lowest BCUT2D eigenvalue weighted by molar-refractivity contribution is 0.291. The van der Waals surface area contributed by atoms with Crippen LogP contribution in [0.2, 0.25) is 0 Å². The molecule has 0 aliphatic heterocycles. The van der Waals surface area contributed by atoms with Gasteiger partial charge in [-0.3, -0.25) is 4.79 Å². The highest BCUT2D eigenvalue weighted by molar-refractivity contribution is 5.77. The van der Waals surface area contributed by atoms with Gasteiger partial charge in [0.2, 0.25) is 0 Å². The Morgan fingerprint density at radius 3 is 2.95 bits per heavy atom. The molecule has 0 spiro atoms. The molecule has 2 N–H and O–H groups in total. The van der Waals surface area contributed by atoms with Crippen molar-refractivity contribution < 1.29 is 0 Å². The summed E-state index contributed by atoms with van der Waals surface area (Å²) >= 11 is 0. The summed E-state index contributed by atoms with van der Waals surface area (Å²) in [6.07, 6.45) is 5.39. The average molecular weight is 257 g/mol. The van der Waals surface area contributed by atoms with Crippen LogP contribution in [-0.4, -0.2) is 16.5 Å². The monoisotopic (exact) mass is 257 g/mol. The first-order chi connectivity index (χ1) is 9.33. The van der Waals surface area contributed by atoms with Crippen molar-refractivity contribution in [3.63, 3.8) is 0 Å². The van der Waals surface area contributed by atoms with E-state index >= 15 is 0 Å². The van der Waals surface area contributed by atoms with Gasteiger partial charge in [0.1, 0.15) is 5.82 Å². The van der Waals surface area contributed by atoms with Crippen LogP contribution in [0.15, 0.2) is 29.1 Å². The summed E-state index contributed by atoms with van der Waals surface area (Å²) in [6, 6.07) is 7.44. The van der Waals surface area contributed by atoms with Crippen molar-refractivity contribution in [2.45, 2.75) is 32.2 Å². The number of aromatic amines is 1. The van der Waals surface area contributed by atoms with Crippen molar-refractivity contribution in [2.24, 2.45) is 5.92 Å².